The standard InChI is InChI=1S/C27H22N4O3/c1-2-24(26(32)31-21-11-5-8-17-7-3-4-10-20(17)21)34-27(33)18-12-13-22-23(15-18)30-25(29-22)19-9-6-14-28-16-19/h3-16,24H,2H2,1H3,(H,29,30)(H,31,32). The molecule has 5 aromatic rings. The lowest BCUT2D eigenvalue weighted by molar-refractivity contribution is -0.124. The first kappa shape index (κ1) is 21.3. The van der Waals surface area contributed by atoms with Gasteiger partial charge in [-0.25, -0.2) is 9.78 Å². The maximum absolute atomic E-state index is 12.9. The van der Waals surface area contributed by atoms with Gasteiger partial charge in [-0.3, -0.25) is 9.78 Å². The molecule has 168 valence electrons. The molecular formula is C27H22N4O3. The Bertz CT molecular complexity index is 1490. The molecule has 2 N–H and O–H groups in total. The van der Waals surface area contributed by atoms with Crippen LogP contribution in [0, 0.1) is 0 Å². The second kappa shape index (κ2) is 9.15. The van der Waals surface area contributed by atoms with Gasteiger partial charge in [0.05, 0.1) is 16.6 Å². The molecule has 2 heterocycles. The van der Waals surface area contributed by atoms with Crippen LogP contribution in [0.4, 0.5) is 5.69 Å². The third-order valence-corrected chi connectivity index (χ3v) is 5.61. The summed E-state index contributed by atoms with van der Waals surface area (Å²) in [4.78, 5) is 37.6. The van der Waals surface area contributed by atoms with Crippen LogP contribution in [0.3, 0.4) is 0 Å². The summed E-state index contributed by atoms with van der Waals surface area (Å²) in [6, 6.07) is 22.3. The van der Waals surface area contributed by atoms with Crippen LogP contribution in [0.15, 0.2) is 85.2 Å². The number of imidazole rings is 1. The molecule has 34 heavy (non-hydrogen) atoms. The third-order valence-electron chi connectivity index (χ3n) is 5.61. The molecule has 0 aliphatic carbocycles. The molecule has 0 saturated heterocycles. The molecule has 0 aliphatic heterocycles. The number of carbonyl (C=O) groups excluding carboxylic acids is 2. The van der Waals surface area contributed by atoms with Gasteiger partial charge in [-0.15, -0.1) is 0 Å². The van der Waals surface area contributed by atoms with E-state index in [-0.39, 0.29) is 5.91 Å². The van der Waals surface area contributed by atoms with Crippen molar-refractivity contribution in [3.8, 4) is 11.4 Å². The summed E-state index contributed by atoms with van der Waals surface area (Å²) in [5.41, 5.74) is 3.28. The molecule has 0 aliphatic rings. The Labute approximate surface area is 195 Å². The van der Waals surface area contributed by atoms with Crippen LogP contribution >= 0.6 is 0 Å². The maximum Gasteiger partial charge on any atom is 0.338 e. The number of fused-ring (bicyclic) bond motifs is 2. The molecule has 0 spiro atoms. The van der Waals surface area contributed by atoms with Gasteiger partial charge in [0.25, 0.3) is 5.91 Å². The van der Waals surface area contributed by atoms with E-state index in [1.54, 1.807) is 37.5 Å². The number of rotatable bonds is 6. The maximum atomic E-state index is 12.9. The molecule has 0 bridgehead atoms. The monoisotopic (exact) mass is 450 g/mol. The van der Waals surface area contributed by atoms with Crippen molar-refractivity contribution in [1.29, 1.82) is 0 Å². The Balaban J connectivity index is 1.33. The lowest BCUT2D eigenvalue weighted by Crippen LogP contribution is -2.32. The van der Waals surface area contributed by atoms with Gasteiger partial charge in [0.15, 0.2) is 6.10 Å². The Kier molecular flexibility index (Phi) is 5.74. The molecule has 1 unspecified atom stereocenters. The van der Waals surface area contributed by atoms with E-state index in [0.29, 0.717) is 29.0 Å². The number of nitrogens with zero attached hydrogens (tertiary/aromatic N) is 2. The number of pyridine rings is 1. The van der Waals surface area contributed by atoms with Crippen LogP contribution in [0.25, 0.3) is 33.2 Å². The molecule has 5 rings (SSSR count). The first-order valence-corrected chi connectivity index (χ1v) is 11.0. The minimum Gasteiger partial charge on any atom is -0.449 e. The summed E-state index contributed by atoms with van der Waals surface area (Å²) in [5, 5.41) is 4.85. The number of ether oxygens (including phenoxy) is 1. The van der Waals surface area contributed by atoms with Gasteiger partial charge in [0, 0.05) is 29.0 Å². The zero-order chi connectivity index (χ0) is 23.5. The fourth-order valence-electron chi connectivity index (χ4n) is 3.84. The van der Waals surface area contributed by atoms with E-state index >= 15 is 0 Å². The lowest BCUT2D eigenvalue weighted by atomic mass is 10.1. The Hall–Kier alpha value is -4.52. The van der Waals surface area contributed by atoms with Crippen molar-refractivity contribution in [3.63, 3.8) is 0 Å². The molecule has 0 fully saturated rings. The number of benzene rings is 3. The van der Waals surface area contributed by atoms with Gasteiger partial charge in [-0.2, -0.15) is 0 Å². The van der Waals surface area contributed by atoms with E-state index < -0.39 is 12.1 Å². The van der Waals surface area contributed by atoms with E-state index in [9.17, 15) is 9.59 Å². The smallest absolute Gasteiger partial charge is 0.338 e. The molecule has 1 atom stereocenters. The number of aromatic nitrogens is 3. The van der Waals surface area contributed by atoms with Gasteiger partial charge >= 0.3 is 5.97 Å². The second-order valence-corrected chi connectivity index (χ2v) is 7.88. The molecule has 7 heteroatoms. The highest BCUT2D eigenvalue weighted by atomic mass is 16.5. The summed E-state index contributed by atoms with van der Waals surface area (Å²) in [6.07, 6.45) is 2.84. The van der Waals surface area contributed by atoms with E-state index in [2.05, 4.69) is 20.3 Å². The molecule has 7 nitrogen and oxygen atoms in total. The number of nitrogens with one attached hydrogen (secondary N) is 2. The van der Waals surface area contributed by atoms with Crippen molar-refractivity contribution in [2.45, 2.75) is 19.4 Å². The number of H-pyrrole nitrogens is 1. The van der Waals surface area contributed by atoms with Crippen molar-refractivity contribution in [3.05, 3.63) is 90.8 Å². The number of amides is 1. The van der Waals surface area contributed by atoms with Crippen LogP contribution < -0.4 is 5.32 Å². The SMILES string of the molecule is CCC(OC(=O)c1ccc2nc(-c3cccnc3)[nH]c2c1)C(=O)Nc1cccc2ccccc12. The van der Waals surface area contributed by atoms with Crippen molar-refractivity contribution < 1.29 is 14.3 Å². The predicted octanol–water partition coefficient (Wildman–Crippen LogP) is 5.35. The lowest BCUT2D eigenvalue weighted by Gasteiger charge is -2.17. The minimum atomic E-state index is -0.921. The normalized spacial score (nSPS) is 11.9. The Morgan fingerprint density at radius 1 is 1.03 bits per heavy atom. The van der Waals surface area contributed by atoms with Crippen molar-refractivity contribution >= 4 is 39.4 Å². The Morgan fingerprint density at radius 3 is 2.71 bits per heavy atom. The molecular weight excluding hydrogens is 428 g/mol. The van der Waals surface area contributed by atoms with E-state index in [1.807, 2.05) is 54.6 Å². The van der Waals surface area contributed by atoms with Gasteiger partial charge < -0.3 is 15.0 Å². The summed E-state index contributed by atoms with van der Waals surface area (Å²) in [6.45, 7) is 1.80. The summed E-state index contributed by atoms with van der Waals surface area (Å²) >= 11 is 0. The molecule has 1 amide bonds. The fraction of sp³-hybridized carbons (Fsp3) is 0.111. The van der Waals surface area contributed by atoms with Crippen LogP contribution in [-0.2, 0) is 9.53 Å². The van der Waals surface area contributed by atoms with Crippen molar-refractivity contribution in [1.82, 2.24) is 15.0 Å². The number of carbonyl (C=O) groups is 2. The van der Waals surface area contributed by atoms with Crippen LogP contribution in [0.5, 0.6) is 0 Å². The van der Waals surface area contributed by atoms with Gasteiger partial charge in [-0.05, 0) is 48.2 Å². The summed E-state index contributed by atoms with van der Waals surface area (Å²) in [7, 11) is 0. The summed E-state index contributed by atoms with van der Waals surface area (Å²) < 4.78 is 5.58. The van der Waals surface area contributed by atoms with Crippen molar-refractivity contribution in [2.24, 2.45) is 0 Å². The molecule has 0 radical (unpaired) electrons. The fourth-order valence-corrected chi connectivity index (χ4v) is 3.84. The van der Waals surface area contributed by atoms with Gasteiger partial charge in [0.2, 0.25) is 0 Å². The predicted molar refractivity (Wildman–Crippen MR) is 131 cm³/mol. The highest BCUT2D eigenvalue weighted by Crippen LogP contribution is 2.24. The zero-order valence-electron chi connectivity index (χ0n) is 18.5. The number of esters is 1. The number of anilines is 1. The van der Waals surface area contributed by atoms with Gasteiger partial charge in [-0.1, -0.05) is 43.3 Å². The average Bonchev–Trinajstić information content (AvgIpc) is 3.31. The number of aromatic amines is 1. The van der Waals surface area contributed by atoms with Crippen LogP contribution in [-0.4, -0.2) is 32.9 Å². The number of hydrogen-bond acceptors (Lipinski definition) is 5. The summed E-state index contributed by atoms with van der Waals surface area (Å²) in [5.74, 6) is -0.275. The highest BCUT2D eigenvalue weighted by Gasteiger charge is 2.23. The zero-order valence-corrected chi connectivity index (χ0v) is 18.5. The van der Waals surface area contributed by atoms with E-state index in [1.165, 1.54) is 0 Å². The third kappa shape index (κ3) is 4.23. The number of hydrogen-bond donors (Lipinski definition) is 2. The first-order chi connectivity index (χ1) is 16.6. The van der Waals surface area contributed by atoms with Crippen molar-refractivity contribution in [2.75, 3.05) is 5.32 Å². The molecule has 0 saturated carbocycles. The quantitative estimate of drug-likeness (QED) is 0.340. The van der Waals surface area contributed by atoms with Crippen LogP contribution in [0.1, 0.15) is 23.7 Å². The average molecular weight is 450 g/mol. The van der Waals surface area contributed by atoms with E-state index in [0.717, 1.165) is 21.9 Å². The highest BCUT2D eigenvalue weighted by molar-refractivity contribution is 6.04. The van der Waals surface area contributed by atoms with Gasteiger partial charge in [0.1, 0.15) is 5.82 Å². The van der Waals surface area contributed by atoms with Crippen LogP contribution in [0.2, 0.25) is 0 Å². The Morgan fingerprint density at radius 2 is 1.88 bits per heavy atom. The largest absolute Gasteiger partial charge is 0.449 e. The van der Waals surface area contributed by atoms with E-state index in [4.69, 9.17) is 4.74 Å². The second-order valence-electron chi connectivity index (χ2n) is 7.88. The molecule has 3 aromatic carbocycles. The molecule has 2 aromatic heterocycles. The first-order valence-electron chi connectivity index (χ1n) is 11.0. The minimum absolute atomic E-state index is 0.338. The topological polar surface area (TPSA) is 97.0 Å².